The molecule has 0 aliphatic heterocycles. The van der Waals surface area contributed by atoms with Gasteiger partial charge in [-0.15, -0.1) is 0 Å². The average molecular weight is 410 g/mol. The summed E-state index contributed by atoms with van der Waals surface area (Å²) < 4.78 is 33.6. The van der Waals surface area contributed by atoms with E-state index in [1.54, 1.807) is 29.2 Å². The van der Waals surface area contributed by atoms with E-state index in [1.807, 2.05) is 30.3 Å². The van der Waals surface area contributed by atoms with Crippen LogP contribution in [0, 0.1) is 0 Å². The quantitative estimate of drug-likeness (QED) is 0.460. The number of nitrogens with zero attached hydrogens (tertiary/aromatic N) is 6. The summed E-state index contributed by atoms with van der Waals surface area (Å²) in [6, 6.07) is 13.2. The molecule has 1 aromatic carbocycles. The van der Waals surface area contributed by atoms with E-state index in [0.717, 1.165) is 9.87 Å². The van der Waals surface area contributed by atoms with Crippen molar-refractivity contribution in [2.75, 3.05) is 7.05 Å². The Hall–Kier alpha value is -3.37. The highest BCUT2D eigenvalue weighted by molar-refractivity contribution is 7.89. The minimum atomic E-state index is -3.75. The van der Waals surface area contributed by atoms with E-state index in [9.17, 15) is 8.42 Å². The average Bonchev–Trinajstić information content (AvgIpc) is 3.39. The Morgan fingerprint density at radius 2 is 1.93 bits per heavy atom. The number of rotatable bonds is 7. The summed E-state index contributed by atoms with van der Waals surface area (Å²) in [5.41, 5.74) is 1.72. The van der Waals surface area contributed by atoms with Crippen LogP contribution in [-0.2, 0) is 23.1 Å². The standard InChI is InChI=1S/C19H18N6O3S/c1-24(14-18-22-19(23-28-18)16-8-5-9-20-10-16)29(26,27)17-11-21-25(13-17)12-15-6-3-2-4-7-15/h2-11,13H,12,14H2,1H3. The van der Waals surface area contributed by atoms with Crippen molar-refractivity contribution in [1.82, 2.24) is 29.2 Å². The molecule has 3 heterocycles. The van der Waals surface area contributed by atoms with Crippen LogP contribution in [0.2, 0.25) is 0 Å². The van der Waals surface area contributed by atoms with Crippen molar-refractivity contribution in [2.24, 2.45) is 0 Å². The van der Waals surface area contributed by atoms with Crippen LogP contribution in [0.5, 0.6) is 0 Å². The van der Waals surface area contributed by atoms with Gasteiger partial charge in [-0.05, 0) is 17.7 Å². The van der Waals surface area contributed by atoms with Crippen LogP contribution >= 0.6 is 0 Å². The van der Waals surface area contributed by atoms with Gasteiger partial charge in [0.25, 0.3) is 0 Å². The lowest BCUT2D eigenvalue weighted by atomic mass is 10.2. The summed E-state index contributed by atoms with van der Waals surface area (Å²) in [5.74, 6) is 0.543. The van der Waals surface area contributed by atoms with Gasteiger partial charge in [0, 0.05) is 31.2 Å². The molecule has 0 radical (unpaired) electrons. The van der Waals surface area contributed by atoms with Gasteiger partial charge in [-0.2, -0.15) is 14.4 Å². The fourth-order valence-corrected chi connectivity index (χ4v) is 3.80. The van der Waals surface area contributed by atoms with Crippen molar-refractivity contribution < 1.29 is 12.9 Å². The molecular formula is C19H18N6O3S. The summed E-state index contributed by atoms with van der Waals surface area (Å²) in [5, 5.41) is 8.04. The second kappa shape index (κ2) is 7.94. The van der Waals surface area contributed by atoms with Gasteiger partial charge in [0.1, 0.15) is 4.90 Å². The van der Waals surface area contributed by atoms with E-state index in [1.165, 1.54) is 19.4 Å². The zero-order chi connectivity index (χ0) is 20.3. The van der Waals surface area contributed by atoms with Crippen LogP contribution in [0.15, 0.2) is 76.7 Å². The summed E-state index contributed by atoms with van der Waals surface area (Å²) >= 11 is 0. The molecule has 0 atom stereocenters. The first-order chi connectivity index (χ1) is 14.0. The Morgan fingerprint density at radius 1 is 1.10 bits per heavy atom. The Kier molecular flexibility index (Phi) is 5.19. The molecule has 0 unspecified atom stereocenters. The molecule has 9 nitrogen and oxygen atoms in total. The van der Waals surface area contributed by atoms with Crippen LogP contribution in [-0.4, -0.2) is 44.7 Å². The Bertz CT molecular complexity index is 1190. The molecule has 0 amide bonds. The number of benzene rings is 1. The van der Waals surface area contributed by atoms with E-state index < -0.39 is 10.0 Å². The maximum absolute atomic E-state index is 12.9. The molecule has 0 saturated heterocycles. The van der Waals surface area contributed by atoms with E-state index in [4.69, 9.17) is 4.52 Å². The van der Waals surface area contributed by atoms with Gasteiger partial charge in [-0.25, -0.2) is 8.42 Å². The fraction of sp³-hybridized carbons (Fsp3) is 0.158. The lowest BCUT2D eigenvalue weighted by molar-refractivity contribution is 0.336. The number of aromatic nitrogens is 5. The molecule has 0 spiro atoms. The SMILES string of the molecule is CN(Cc1nc(-c2cccnc2)no1)S(=O)(=O)c1cnn(Cc2ccccc2)c1. The summed E-state index contributed by atoms with van der Waals surface area (Å²) in [6.45, 7) is 0.428. The van der Waals surface area contributed by atoms with Gasteiger partial charge in [-0.3, -0.25) is 9.67 Å². The first-order valence-electron chi connectivity index (χ1n) is 8.78. The molecule has 10 heteroatoms. The molecule has 0 fully saturated rings. The predicted octanol–water partition coefficient (Wildman–Crippen LogP) is 2.20. The van der Waals surface area contributed by atoms with E-state index in [0.29, 0.717) is 17.9 Å². The largest absolute Gasteiger partial charge is 0.338 e. The van der Waals surface area contributed by atoms with Crippen molar-refractivity contribution in [2.45, 2.75) is 18.0 Å². The lowest BCUT2D eigenvalue weighted by Gasteiger charge is -2.13. The summed E-state index contributed by atoms with van der Waals surface area (Å²) in [6.07, 6.45) is 6.09. The lowest BCUT2D eigenvalue weighted by Crippen LogP contribution is -2.26. The van der Waals surface area contributed by atoms with Gasteiger partial charge in [0.15, 0.2) is 0 Å². The minimum Gasteiger partial charge on any atom is -0.338 e. The smallest absolute Gasteiger partial charge is 0.246 e. The van der Waals surface area contributed by atoms with Gasteiger partial charge in [0.05, 0.1) is 19.3 Å². The highest BCUT2D eigenvalue weighted by Crippen LogP contribution is 2.18. The zero-order valence-electron chi connectivity index (χ0n) is 15.6. The van der Waals surface area contributed by atoms with Crippen LogP contribution in [0.1, 0.15) is 11.5 Å². The van der Waals surface area contributed by atoms with E-state index in [2.05, 4.69) is 20.2 Å². The maximum atomic E-state index is 12.9. The highest BCUT2D eigenvalue weighted by atomic mass is 32.2. The van der Waals surface area contributed by atoms with Crippen LogP contribution in [0.4, 0.5) is 0 Å². The van der Waals surface area contributed by atoms with E-state index in [-0.39, 0.29) is 17.3 Å². The molecular weight excluding hydrogens is 392 g/mol. The third-order valence-corrected chi connectivity index (χ3v) is 6.01. The second-order valence-electron chi connectivity index (χ2n) is 6.37. The molecule has 29 heavy (non-hydrogen) atoms. The Labute approximate surface area is 167 Å². The number of hydrogen-bond donors (Lipinski definition) is 0. The number of sulfonamides is 1. The predicted molar refractivity (Wildman–Crippen MR) is 104 cm³/mol. The van der Waals surface area contributed by atoms with Crippen molar-refractivity contribution in [3.05, 3.63) is 78.7 Å². The molecule has 0 N–H and O–H groups in total. The Balaban J connectivity index is 1.47. The first kappa shape index (κ1) is 19.0. The van der Waals surface area contributed by atoms with Crippen LogP contribution in [0.3, 0.4) is 0 Å². The van der Waals surface area contributed by atoms with Gasteiger partial charge >= 0.3 is 0 Å². The van der Waals surface area contributed by atoms with Crippen molar-refractivity contribution >= 4 is 10.0 Å². The minimum absolute atomic E-state index is 0.0561. The molecule has 0 aliphatic carbocycles. The van der Waals surface area contributed by atoms with Crippen molar-refractivity contribution in [3.63, 3.8) is 0 Å². The maximum Gasteiger partial charge on any atom is 0.246 e. The fourth-order valence-electron chi connectivity index (χ4n) is 2.72. The van der Waals surface area contributed by atoms with Crippen LogP contribution < -0.4 is 0 Å². The number of pyridine rings is 1. The molecule has 148 valence electrons. The van der Waals surface area contributed by atoms with E-state index >= 15 is 0 Å². The third kappa shape index (κ3) is 4.23. The molecule has 4 aromatic rings. The van der Waals surface area contributed by atoms with Gasteiger partial charge < -0.3 is 4.52 Å². The highest BCUT2D eigenvalue weighted by Gasteiger charge is 2.25. The summed E-state index contributed by atoms with van der Waals surface area (Å²) in [4.78, 5) is 8.35. The second-order valence-corrected chi connectivity index (χ2v) is 8.42. The molecule has 0 bridgehead atoms. The normalized spacial score (nSPS) is 11.8. The number of hydrogen-bond acceptors (Lipinski definition) is 7. The summed E-state index contributed by atoms with van der Waals surface area (Å²) in [7, 11) is -2.30. The van der Waals surface area contributed by atoms with Crippen molar-refractivity contribution in [3.8, 4) is 11.4 Å². The molecule has 0 saturated carbocycles. The molecule has 4 rings (SSSR count). The Morgan fingerprint density at radius 3 is 2.69 bits per heavy atom. The van der Waals surface area contributed by atoms with Crippen molar-refractivity contribution in [1.29, 1.82) is 0 Å². The van der Waals surface area contributed by atoms with Gasteiger partial charge in [-0.1, -0.05) is 35.5 Å². The van der Waals surface area contributed by atoms with Crippen LogP contribution in [0.25, 0.3) is 11.4 Å². The zero-order valence-corrected chi connectivity index (χ0v) is 16.4. The topological polar surface area (TPSA) is 107 Å². The molecule has 3 aromatic heterocycles. The third-order valence-electron chi connectivity index (χ3n) is 4.25. The molecule has 0 aliphatic rings. The monoisotopic (exact) mass is 410 g/mol. The van der Waals surface area contributed by atoms with Gasteiger partial charge in [0.2, 0.25) is 21.7 Å². The first-order valence-corrected chi connectivity index (χ1v) is 10.2.